The largest absolute Gasteiger partial charge is 0.496 e. The average Bonchev–Trinajstić information content (AvgIpc) is 2.73. The van der Waals surface area contributed by atoms with Gasteiger partial charge in [-0.2, -0.15) is 0 Å². The Balaban J connectivity index is 1.73. The number of aromatic nitrogens is 2. The summed E-state index contributed by atoms with van der Waals surface area (Å²) in [6.07, 6.45) is -0.562. The molecule has 0 radical (unpaired) electrons. The van der Waals surface area contributed by atoms with Crippen molar-refractivity contribution in [2.75, 3.05) is 51.8 Å². The molecule has 29 heavy (non-hydrogen) atoms. The number of piperazine rings is 1. The number of rotatable bonds is 4. The summed E-state index contributed by atoms with van der Waals surface area (Å²) in [7, 11) is 1.61. The lowest BCUT2D eigenvalue weighted by Gasteiger charge is -2.38. The van der Waals surface area contributed by atoms with E-state index in [2.05, 4.69) is 20.1 Å². The number of guanidine groups is 1. The van der Waals surface area contributed by atoms with Crippen molar-refractivity contribution in [1.29, 1.82) is 0 Å². The molecule has 0 saturated carbocycles. The molecule has 0 bridgehead atoms. The van der Waals surface area contributed by atoms with E-state index in [1.807, 2.05) is 24.3 Å². The number of hydrogen-bond acceptors (Lipinski definition) is 8. The summed E-state index contributed by atoms with van der Waals surface area (Å²) in [5, 5.41) is 12.4. The first-order valence-electron chi connectivity index (χ1n) is 9.77. The van der Waals surface area contributed by atoms with Crippen LogP contribution in [0.5, 0.6) is 5.75 Å². The third-order valence-electron chi connectivity index (χ3n) is 5.30. The van der Waals surface area contributed by atoms with Crippen LogP contribution in [0.15, 0.2) is 40.1 Å². The van der Waals surface area contributed by atoms with Crippen molar-refractivity contribution in [2.45, 2.75) is 13.1 Å². The number of aliphatic hydroxyl groups is 1. The fourth-order valence-electron chi connectivity index (χ4n) is 3.81. The van der Waals surface area contributed by atoms with Crippen molar-refractivity contribution in [3.63, 3.8) is 0 Å². The zero-order valence-corrected chi connectivity index (χ0v) is 16.7. The lowest BCUT2D eigenvalue weighted by Crippen LogP contribution is -2.52. The van der Waals surface area contributed by atoms with Crippen molar-refractivity contribution in [3.8, 4) is 5.75 Å². The highest BCUT2D eigenvalue weighted by atomic mass is 16.5. The van der Waals surface area contributed by atoms with Crippen molar-refractivity contribution in [1.82, 2.24) is 19.4 Å². The van der Waals surface area contributed by atoms with E-state index in [1.165, 1.54) is 6.07 Å². The van der Waals surface area contributed by atoms with E-state index in [4.69, 9.17) is 14.8 Å². The van der Waals surface area contributed by atoms with Gasteiger partial charge in [0.1, 0.15) is 5.75 Å². The number of fused-ring (bicyclic) bond motifs is 1. The quantitative estimate of drug-likeness (QED) is 0.774. The molecule has 0 spiro atoms. The van der Waals surface area contributed by atoms with Gasteiger partial charge in [0.05, 0.1) is 13.7 Å². The lowest BCUT2D eigenvalue weighted by molar-refractivity contribution is 0.146. The number of ether oxygens (including phenoxy) is 1. The molecule has 0 amide bonds. The molecule has 2 aromatic rings. The first kappa shape index (κ1) is 19.4. The minimum atomic E-state index is -0.562. The molecule has 0 aliphatic carbocycles. The smallest absolute Gasteiger partial charge is 0.257 e. The van der Waals surface area contributed by atoms with Crippen molar-refractivity contribution < 1.29 is 9.84 Å². The molecule has 9 nitrogen and oxygen atoms in total. The standard InChI is InChI=1S/C20H26N6O3/c1-14-13-17(28)26-18(15-5-3-4-6-16(15)29-2)22-19(23-20(26)21-14)25-9-7-24(8-10-25)11-12-27/h3-6,13,18,27H,7-12H2,1-2H3,(H,21,22,23). The Morgan fingerprint density at radius 1 is 1.24 bits per heavy atom. The monoisotopic (exact) mass is 398 g/mol. The molecule has 1 atom stereocenters. The van der Waals surface area contributed by atoms with Gasteiger partial charge in [-0.1, -0.05) is 18.2 Å². The Kier molecular flexibility index (Phi) is 5.50. The summed E-state index contributed by atoms with van der Waals surface area (Å²) in [5.74, 6) is 1.85. The number of benzene rings is 1. The maximum atomic E-state index is 12.8. The van der Waals surface area contributed by atoms with Gasteiger partial charge in [0.2, 0.25) is 11.9 Å². The van der Waals surface area contributed by atoms with Crippen LogP contribution < -0.4 is 15.6 Å². The van der Waals surface area contributed by atoms with Crippen LogP contribution in [0.1, 0.15) is 17.4 Å². The van der Waals surface area contributed by atoms with Crippen molar-refractivity contribution in [2.24, 2.45) is 4.99 Å². The molecule has 1 aromatic carbocycles. The summed E-state index contributed by atoms with van der Waals surface area (Å²) in [5.41, 5.74) is 1.30. The molecule has 2 aliphatic rings. The molecular weight excluding hydrogens is 372 g/mol. The number of aliphatic imine (C=N–C) groups is 1. The van der Waals surface area contributed by atoms with Gasteiger partial charge < -0.3 is 14.7 Å². The minimum absolute atomic E-state index is 0.161. The topological polar surface area (TPSA) is 95.2 Å². The molecule has 2 N–H and O–H groups in total. The van der Waals surface area contributed by atoms with Gasteiger partial charge in [0, 0.05) is 50.0 Å². The second-order valence-corrected chi connectivity index (χ2v) is 7.17. The van der Waals surface area contributed by atoms with Gasteiger partial charge in [-0.05, 0) is 13.0 Å². The predicted octanol–water partition coefficient (Wildman–Crippen LogP) is 0.499. The molecule has 154 valence electrons. The minimum Gasteiger partial charge on any atom is -0.496 e. The van der Waals surface area contributed by atoms with Gasteiger partial charge >= 0.3 is 0 Å². The fraction of sp³-hybridized carbons (Fsp3) is 0.450. The van der Waals surface area contributed by atoms with Gasteiger partial charge in [-0.15, -0.1) is 0 Å². The number of anilines is 1. The maximum Gasteiger partial charge on any atom is 0.257 e. The van der Waals surface area contributed by atoms with Crippen LogP contribution in [-0.2, 0) is 0 Å². The van der Waals surface area contributed by atoms with Crippen LogP contribution in [0, 0.1) is 6.92 Å². The van der Waals surface area contributed by atoms with E-state index in [9.17, 15) is 4.79 Å². The molecule has 1 unspecified atom stereocenters. The summed E-state index contributed by atoms with van der Waals surface area (Å²) in [6, 6.07) is 9.11. The second-order valence-electron chi connectivity index (χ2n) is 7.17. The van der Waals surface area contributed by atoms with Crippen molar-refractivity contribution in [3.05, 3.63) is 51.9 Å². The Morgan fingerprint density at radius 2 is 2.00 bits per heavy atom. The number of para-hydroxylation sites is 1. The van der Waals surface area contributed by atoms with Crippen LogP contribution in [0.4, 0.5) is 5.95 Å². The van der Waals surface area contributed by atoms with E-state index in [-0.39, 0.29) is 12.2 Å². The first-order chi connectivity index (χ1) is 14.1. The summed E-state index contributed by atoms with van der Waals surface area (Å²) in [6.45, 7) is 5.89. The third kappa shape index (κ3) is 3.83. The zero-order chi connectivity index (χ0) is 20.4. The number of β-amino-alcohol motifs (C(OH)–C–C–N with tert-alkyl or cyclic N) is 1. The molecular formula is C20H26N6O3. The van der Waals surface area contributed by atoms with E-state index in [1.54, 1.807) is 18.6 Å². The average molecular weight is 398 g/mol. The molecule has 1 aromatic heterocycles. The highest BCUT2D eigenvalue weighted by Gasteiger charge is 2.30. The van der Waals surface area contributed by atoms with E-state index in [0.717, 1.165) is 31.7 Å². The van der Waals surface area contributed by atoms with Crippen LogP contribution in [0.3, 0.4) is 0 Å². The Labute approximate surface area is 169 Å². The van der Waals surface area contributed by atoms with E-state index >= 15 is 0 Å². The fourth-order valence-corrected chi connectivity index (χ4v) is 3.81. The first-order valence-corrected chi connectivity index (χ1v) is 9.77. The van der Waals surface area contributed by atoms with Crippen molar-refractivity contribution >= 4 is 11.9 Å². The second kappa shape index (κ2) is 8.22. The molecule has 3 heterocycles. The number of aryl methyl sites for hydroxylation is 1. The Hall–Kier alpha value is -2.91. The Morgan fingerprint density at radius 3 is 2.72 bits per heavy atom. The lowest BCUT2D eigenvalue weighted by atomic mass is 10.1. The normalized spacial score (nSPS) is 19.3. The van der Waals surface area contributed by atoms with Crippen LogP contribution >= 0.6 is 0 Å². The number of nitrogens with one attached hydrogen (secondary N) is 1. The molecule has 2 aliphatic heterocycles. The predicted molar refractivity (Wildman–Crippen MR) is 111 cm³/mol. The molecule has 4 rings (SSSR count). The SMILES string of the molecule is COc1ccccc1C1N=C(N2CCN(CCO)CC2)Nc2nc(C)cc(=O)n21. The number of aliphatic hydroxyl groups excluding tert-OH is 1. The highest BCUT2D eigenvalue weighted by Crippen LogP contribution is 2.32. The van der Waals surface area contributed by atoms with Gasteiger partial charge in [0.25, 0.3) is 5.56 Å². The summed E-state index contributed by atoms with van der Waals surface area (Å²) in [4.78, 5) is 26.6. The van der Waals surface area contributed by atoms with Gasteiger partial charge in [0.15, 0.2) is 6.17 Å². The highest BCUT2D eigenvalue weighted by molar-refractivity contribution is 5.93. The van der Waals surface area contributed by atoms with Gasteiger partial charge in [-0.25, -0.2) is 9.98 Å². The molecule has 1 saturated heterocycles. The third-order valence-corrected chi connectivity index (χ3v) is 5.30. The maximum absolute atomic E-state index is 12.8. The van der Waals surface area contributed by atoms with E-state index in [0.29, 0.717) is 29.9 Å². The van der Waals surface area contributed by atoms with Crippen LogP contribution in [0.2, 0.25) is 0 Å². The number of methoxy groups -OCH3 is 1. The summed E-state index contributed by atoms with van der Waals surface area (Å²) < 4.78 is 7.10. The van der Waals surface area contributed by atoms with Gasteiger partial charge in [-0.3, -0.25) is 19.6 Å². The molecule has 9 heteroatoms. The number of hydrogen-bond donors (Lipinski definition) is 2. The van der Waals surface area contributed by atoms with Crippen LogP contribution in [0.25, 0.3) is 0 Å². The van der Waals surface area contributed by atoms with Crippen LogP contribution in [-0.4, -0.2) is 76.9 Å². The zero-order valence-electron chi connectivity index (χ0n) is 16.7. The van der Waals surface area contributed by atoms with E-state index < -0.39 is 6.17 Å². The number of nitrogens with zero attached hydrogens (tertiary/aromatic N) is 5. The summed E-state index contributed by atoms with van der Waals surface area (Å²) >= 11 is 0. The Bertz CT molecular complexity index is 965. The molecule has 1 fully saturated rings.